The third-order valence-electron chi connectivity index (χ3n) is 2.92. The van der Waals surface area contributed by atoms with Crippen molar-refractivity contribution in [1.29, 1.82) is 0 Å². The molecule has 1 saturated heterocycles. The number of nitrogens with zero attached hydrogens (tertiary/aromatic N) is 2. The van der Waals surface area contributed by atoms with Crippen LogP contribution in [0, 0.1) is 5.92 Å². The second-order valence-electron chi connectivity index (χ2n) is 4.28. The van der Waals surface area contributed by atoms with Crippen LogP contribution in [-0.4, -0.2) is 41.7 Å². The molecule has 7 nitrogen and oxygen atoms in total. The maximum atomic E-state index is 11.8. The highest BCUT2D eigenvalue weighted by atomic mass is 16.2. The number of likely N-dealkylation sites (N-methyl/N-ethyl adjacent to an activating group) is 1. The third kappa shape index (κ3) is 3.07. The van der Waals surface area contributed by atoms with Gasteiger partial charge in [-0.2, -0.15) is 5.10 Å². The fraction of sp³-hybridized carbons (Fsp3) is 0.545. The van der Waals surface area contributed by atoms with Gasteiger partial charge in [0.2, 0.25) is 11.8 Å². The monoisotopic (exact) mass is 251 g/mol. The van der Waals surface area contributed by atoms with Gasteiger partial charge in [0.15, 0.2) is 0 Å². The van der Waals surface area contributed by atoms with Crippen molar-refractivity contribution in [2.45, 2.75) is 13.0 Å². The molecule has 1 atom stereocenters. The number of hydrogen-bond donors (Lipinski definition) is 3. The van der Waals surface area contributed by atoms with Gasteiger partial charge in [-0.1, -0.05) is 0 Å². The van der Waals surface area contributed by atoms with E-state index in [1.807, 2.05) is 0 Å². The summed E-state index contributed by atoms with van der Waals surface area (Å²) in [6.45, 7) is 1.75. The number of carbonyl (C=O) groups excluding carboxylic acids is 2. The SMILES string of the molecule is CNC(=O)Cn1cc(NC(=O)C2CCNC2)cn1. The predicted octanol–water partition coefficient (Wildman–Crippen LogP) is -0.823. The highest BCUT2D eigenvalue weighted by Gasteiger charge is 2.22. The molecule has 2 heterocycles. The number of rotatable bonds is 4. The van der Waals surface area contributed by atoms with E-state index in [0.29, 0.717) is 5.69 Å². The van der Waals surface area contributed by atoms with E-state index in [0.717, 1.165) is 19.5 Å². The van der Waals surface area contributed by atoms with Gasteiger partial charge in [-0.25, -0.2) is 0 Å². The summed E-state index contributed by atoms with van der Waals surface area (Å²) in [7, 11) is 1.57. The first-order chi connectivity index (χ1) is 8.69. The largest absolute Gasteiger partial charge is 0.358 e. The molecule has 0 aliphatic carbocycles. The van der Waals surface area contributed by atoms with Gasteiger partial charge < -0.3 is 16.0 Å². The number of nitrogens with one attached hydrogen (secondary N) is 3. The van der Waals surface area contributed by atoms with Gasteiger partial charge in [0, 0.05) is 19.8 Å². The van der Waals surface area contributed by atoms with Crippen LogP contribution in [0.2, 0.25) is 0 Å². The first-order valence-corrected chi connectivity index (χ1v) is 5.93. The first kappa shape index (κ1) is 12.6. The van der Waals surface area contributed by atoms with Gasteiger partial charge in [-0.15, -0.1) is 0 Å². The zero-order chi connectivity index (χ0) is 13.0. The Morgan fingerprint density at radius 3 is 3.11 bits per heavy atom. The smallest absolute Gasteiger partial charge is 0.241 e. The molecule has 1 fully saturated rings. The predicted molar refractivity (Wildman–Crippen MR) is 65.9 cm³/mol. The van der Waals surface area contributed by atoms with Gasteiger partial charge >= 0.3 is 0 Å². The molecule has 2 amide bonds. The molecule has 7 heteroatoms. The molecule has 18 heavy (non-hydrogen) atoms. The number of carbonyl (C=O) groups is 2. The summed E-state index contributed by atoms with van der Waals surface area (Å²) in [5.41, 5.74) is 0.621. The molecule has 0 aromatic carbocycles. The molecule has 0 radical (unpaired) electrons. The summed E-state index contributed by atoms with van der Waals surface area (Å²) >= 11 is 0. The number of aromatic nitrogens is 2. The average Bonchev–Trinajstić information content (AvgIpc) is 3.00. The van der Waals surface area contributed by atoms with Crippen molar-refractivity contribution in [3.63, 3.8) is 0 Å². The molecular weight excluding hydrogens is 234 g/mol. The summed E-state index contributed by atoms with van der Waals surface area (Å²) in [6.07, 6.45) is 4.05. The summed E-state index contributed by atoms with van der Waals surface area (Å²) in [5.74, 6) is -0.109. The minimum Gasteiger partial charge on any atom is -0.358 e. The molecule has 3 N–H and O–H groups in total. The van der Waals surface area contributed by atoms with Crippen molar-refractivity contribution in [2.24, 2.45) is 5.92 Å². The van der Waals surface area contributed by atoms with E-state index >= 15 is 0 Å². The minimum absolute atomic E-state index is 0.000469. The van der Waals surface area contributed by atoms with Crippen molar-refractivity contribution in [2.75, 3.05) is 25.5 Å². The number of anilines is 1. The third-order valence-corrected chi connectivity index (χ3v) is 2.92. The fourth-order valence-corrected chi connectivity index (χ4v) is 1.86. The highest BCUT2D eigenvalue weighted by molar-refractivity contribution is 5.92. The van der Waals surface area contributed by atoms with Crippen LogP contribution in [-0.2, 0) is 16.1 Å². The average molecular weight is 251 g/mol. The van der Waals surface area contributed by atoms with Crippen LogP contribution in [0.3, 0.4) is 0 Å². The van der Waals surface area contributed by atoms with E-state index in [4.69, 9.17) is 0 Å². The van der Waals surface area contributed by atoms with Crippen LogP contribution in [0.1, 0.15) is 6.42 Å². The molecule has 1 aromatic heterocycles. The second-order valence-corrected chi connectivity index (χ2v) is 4.28. The Labute approximate surface area is 105 Å². The van der Waals surface area contributed by atoms with Gasteiger partial charge in [-0.05, 0) is 13.0 Å². The van der Waals surface area contributed by atoms with Crippen molar-refractivity contribution in [3.8, 4) is 0 Å². The standard InChI is InChI=1S/C11H17N5O2/c1-12-10(17)7-16-6-9(5-14-16)15-11(18)8-2-3-13-4-8/h5-6,8,13H,2-4,7H2,1H3,(H,12,17)(H,15,18). The lowest BCUT2D eigenvalue weighted by atomic mass is 10.1. The van der Waals surface area contributed by atoms with Crippen LogP contribution in [0.15, 0.2) is 12.4 Å². The van der Waals surface area contributed by atoms with Gasteiger partial charge in [-0.3, -0.25) is 14.3 Å². The quantitative estimate of drug-likeness (QED) is 0.652. The Balaban J connectivity index is 1.89. The van der Waals surface area contributed by atoms with Crippen molar-refractivity contribution in [3.05, 3.63) is 12.4 Å². The molecule has 1 aliphatic heterocycles. The van der Waals surface area contributed by atoms with E-state index in [1.54, 1.807) is 19.4 Å². The zero-order valence-electron chi connectivity index (χ0n) is 10.3. The summed E-state index contributed by atoms with van der Waals surface area (Å²) in [6, 6.07) is 0. The first-order valence-electron chi connectivity index (χ1n) is 5.93. The zero-order valence-corrected chi connectivity index (χ0v) is 10.3. The van der Waals surface area contributed by atoms with Crippen LogP contribution >= 0.6 is 0 Å². The normalized spacial score (nSPS) is 18.6. The summed E-state index contributed by atoms with van der Waals surface area (Å²) in [5, 5.41) is 12.5. The van der Waals surface area contributed by atoms with E-state index in [2.05, 4.69) is 21.0 Å². The molecule has 0 spiro atoms. The molecule has 1 aromatic rings. The van der Waals surface area contributed by atoms with Crippen molar-refractivity contribution >= 4 is 17.5 Å². The minimum atomic E-state index is -0.129. The lowest BCUT2D eigenvalue weighted by Gasteiger charge is -2.07. The van der Waals surface area contributed by atoms with Crippen LogP contribution in [0.25, 0.3) is 0 Å². The van der Waals surface area contributed by atoms with Gasteiger partial charge in [0.1, 0.15) is 6.54 Å². The molecular formula is C11H17N5O2. The van der Waals surface area contributed by atoms with Crippen LogP contribution in [0.4, 0.5) is 5.69 Å². The maximum Gasteiger partial charge on any atom is 0.241 e. The molecule has 2 rings (SSSR count). The van der Waals surface area contributed by atoms with Gasteiger partial charge in [0.05, 0.1) is 17.8 Å². The summed E-state index contributed by atoms with van der Waals surface area (Å²) in [4.78, 5) is 23.0. The molecule has 0 bridgehead atoms. The summed E-state index contributed by atoms with van der Waals surface area (Å²) < 4.78 is 1.49. The van der Waals surface area contributed by atoms with E-state index in [-0.39, 0.29) is 24.3 Å². The van der Waals surface area contributed by atoms with E-state index in [9.17, 15) is 9.59 Å². The van der Waals surface area contributed by atoms with Gasteiger partial charge in [0.25, 0.3) is 0 Å². The molecule has 1 unspecified atom stereocenters. The molecule has 98 valence electrons. The Morgan fingerprint density at radius 2 is 2.44 bits per heavy atom. The Kier molecular flexibility index (Phi) is 3.93. The number of amides is 2. The van der Waals surface area contributed by atoms with Crippen LogP contribution in [0.5, 0.6) is 0 Å². The second kappa shape index (κ2) is 5.63. The molecule has 1 aliphatic rings. The topological polar surface area (TPSA) is 88.0 Å². The highest BCUT2D eigenvalue weighted by Crippen LogP contribution is 2.12. The van der Waals surface area contributed by atoms with E-state index in [1.165, 1.54) is 4.68 Å². The maximum absolute atomic E-state index is 11.8. The van der Waals surface area contributed by atoms with Crippen molar-refractivity contribution < 1.29 is 9.59 Å². The lowest BCUT2D eigenvalue weighted by Crippen LogP contribution is -2.24. The fourth-order valence-electron chi connectivity index (χ4n) is 1.86. The van der Waals surface area contributed by atoms with Crippen LogP contribution < -0.4 is 16.0 Å². The number of hydrogen-bond acceptors (Lipinski definition) is 4. The van der Waals surface area contributed by atoms with Crippen molar-refractivity contribution in [1.82, 2.24) is 20.4 Å². The Bertz CT molecular complexity index is 436. The van der Waals surface area contributed by atoms with E-state index < -0.39 is 0 Å². The molecule has 0 saturated carbocycles. The Morgan fingerprint density at radius 1 is 1.61 bits per heavy atom. The lowest BCUT2D eigenvalue weighted by molar-refractivity contribution is -0.121. The Hall–Kier alpha value is -1.89.